The number of aryl methyl sites for hydroxylation is 1. The molecule has 0 atom stereocenters. The molecule has 0 saturated carbocycles. The van der Waals surface area contributed by atoms with E-state index in [1.54, 1.807) is 18.2 Å². The van der Waals surface area contributed by atoms with Gasteiger partial charge in [-0.05, 0) is 42.3 Å². The van der Waals surface area contributed by atoms with E-state index in [-0.39, 0.29) is 6.61 Å². The van der Waals surface area contributed by atoms with Crippen molar-refractivity contribution in [3.8, 4) is 5.75 Å². The summed E-state index contributed by atoms with van der Waals surface area (Å²) in [6.45, 7) is 2.05. The smallest absolute Gasteiger partial charge is 0.367 e. The first kappa shape index (κ1) is 15.3. The van der Waals surface area contributed by atoms with Crippen LogP contribution < -0.4 is 4.74 Å². The van der Waals surface area contributed by atoms with Crippen molar-refractivity contribution in [3.63, 3.8) is 0 Å². The number of carbonyl (C=O) groups excluding carboxylic acids is 1. The van der Waals surface area contributed by atoms with E-state index in [4.69, 9.17) is 21.2 Å². The third-order valence-corrected chi connectivity index (χ3v) is 3.62. The summed E-state index contributed by atoms with van der Waals surface area (Å²) in [6, 6.07) is 14.9. The molecule has 0 aliphatic carbocycles. The van der Waals surface area contributed by atoms with Crippen LogP contribution in [0.5, 0.6) is 5.75 Å². The lowest BCUT2D eigenvalue weighted by molar-refractivity contribution is -0.136. The molecule has 0 radical (unpaired) electrons. The lowest BCUT2D eigenvalue weighted by Crippen LogP contribution is -2.14. The number of hydrogen-bond acceptors (Lipinski definition) is 4. The Labute approximate surface area is 139 Å². The molecule has 3 rings (SSSR count). The predicted molar refractivity (Wildman–Crippen MR) is 89.6 cm³/mol. The molecule has 2 aromatic carbocycles. The molecule has 0 N–H and O–H groups in total. The Morgan fingerprint density at radius 2 is 2.00 bits per heavy atom. The van der Waals surface area contributed by atoms with Crippen molar-refractivity contribution in [2.75, 3.05) is 6.61 Å². The van der Waals surface area contributed by atoms with E-state index < -0.39 is 5.97 Å². The molecule has 2 aromatic rings. The summed E-state index contributed by atoms with van der Waals surface area (Å²) in [4.78, 5) is 16.6. The Morgan fingerprint density at radius 1 is 1.22 bits per heavy atom. The molecule has 1 aliphatic rings. The van der Waals surface area contributed by atoms with E-state index in [1.807, 2.05) is 43.3 Å². The number of oxime groups is 1. The van der Waals surface area contributed by atoms with Gasteiger partial charge in [0, 0.05) is 5.02 Å². The molecule has 1 aliphatic heterocycles. The Bertz CT molecular complexity index is 797. The first-order valence-corrected chi connectivity index (χ1v) is 7.45. The van der Waals surface area contributed by atoms with Gasteiger partial charge in [-0.3, -0.25) is 0 Å². The fourth-order valence-electron chi connectivity index (χ4n) is 2.20. The minimum atomic E-state index is -0.472. The van der Waals surface area contributed by atoms with Gasteiger partial charge in [-0.1, -0.05) is 47.1 Å². The van der Waals surface area contributed by atoms with E-state index in [9.17, 15) is 4.79 Å². The van der Waals surface area contributed by atoms with Crippen LogP contribution in [0.25, 0.3) is 6.08 Å². The molecule has 0 aromatic heterocycles. The third kappa shape index (κ3) is 3.60. The van der Waals surface area contributed by atoms with Crippen molar-refractivity contribution in [2.24, 2.45) is 5.16 Å². The summed E-state index contributed by atoms with van der Waals surface area (Å²) in [7, 11) is 0. The molecular formula is C18H14ClNO3. The second-order valence-corrected chi connectivity index (χ2v) is 5.52. The van der Waals surface area contributed by atoms with Gasteiger partial charge in [-0.25, -0.2) is 4.79 Å². The summed E-state index contributed by atoms with van der Waals surface area (Å²) >= 11 is 5.92. The average Bonchev–Trinajstić information content (AvgIpc) is 2.88. The van der Waals surface area contributed by atoms with Gasteiger partial charge in [0.05, 0.1) is 5.57 Å². The summed E-state index contributed by atoms with van der Waals surface area (Å²) < 4.78 is 5.73. The van der Waals surface area contributed by atoms with Crippen molar-refractivity contribution in [1.29, 1.82) is 0 Å². The lowest BCUT2D eigenvalue weighted by Gasteiger charge is -2.08. The highest BCUT2D eigenvalue weighted by atomic mass is 35.5. The summed E-state index contributed by atoms with van der Waals surface area (Å²) in [6.07, 6.45) is 1.74. The van der Waals surface area contributed by atoms with Crippen LogP contribution in [0.3, 0.4) is 0 Å². The van der Waals surface area contributed by atoms with Gasteiger partial charge in [-0.2, -0.15) is 0 Å². The molecule has 0 amide bonds. The number of rotatable bonds is 4. The molecule has 0 unspecified atom stereocenters. The molecule has 1 heterocycles. The van der Waals surface area contributed by atoms with Gasteiger partial charge >= 0.3 is 5.97 Å². The van der Waals surface area contributed by atoms with Crippen LogP contribution in [-0.2, 0) is 9.63 Å². The molecule has 4 nitrogen and oxygen atoms in total. The van der Waals surface area contributed by atoms with Gasteiger partial charge in [0.15, 0.2) is 0 Å². The Morgan fingerprint density at radius 3 is 2.74 bits per heavy atom. The number of benzene rings is 2. The maximum atomic E-state index is 11.8. The lowest BCUT2D eigenvalue weighted by atomic mass is 10.1. The topological polar surface area (TPSA) is 47.9 Å². The predicted octanol–water partition coefficient (Wildman–Crippen LogP) is 4.02. The standard InChI is InChI=1S/C18H14ClNO3/c1-12-9-14(19)7-8-17(12)22-11-16-15(18(21)23-20-16)10-13-5-3-2-4-6-13/h2-10H,11H2,1H3/b15-10-. The van der Waals surface area contributed by atoms with Gasteiger partial charge < -0.3 is 9.57 Å². The van der Waals surface area contributed by atoms with E-state index >= 15 is 0 Å². The highest BCUT2D eigenvalue weighted by molar-refractivity contribution is 6.30. The Kier molecular flexibility index (Phi) is 4.44. The fourth-order valence-corrected chi connectivity index (χ4v) is 2.42. The highest BCUT2D eigenvalue weighted by Crippen LogP contribution is 2.23. The molecule has 23 heavy (non-hydrogen) atoms. The van der Waals surface area contributed by atoms with Crippen molar-refractivity contribution in [2.45, 2.75) is 6.92 Å². The normalized spacial score (nSPS) is 15.5. The molecule has 0 bridgehead atoms. The quantitative estimate of drug-likeness (QED) is 0.629. The summed E-state index contributed by atoms with van der Waals surface area (Å²) in [5.41, 5.74) is 2.68. The van der Waals surface area contributed by atoms with E-state index in [2.05, 4.69) is 5.16 Å². The number of ether oxygens (including phenoxy) is 1. The maximum Gasteiger partial charge on any atom is 0.367 e. The Balaban J connectivity index is 1.76. The van der Waals surface area contributed by atoms with Crippen LogP contribution in [0.1, 0.15) is 11.1 Å². The van der Waals surface area contributed by atoms with Crippen LogP contribution in [0.4, 0.5) is 0 Å². The monoisotopic (exact) mass is 327 g/mol. The number of nitrogens with zero attached hydrogens (tertiary/aromatic N) is 1. The van der Waals surface area contributed by atoms with Crippen molar-refractivity contribution >= 4 is 29.4 Å². The molecule has 0 fully saturated rings. The van der Waals surface area contributed by atoms with E-state index in [1.165, 1.54) is 0 Å². The van der Waals surface area contributed by atoms with Crippen LogP contribution in [-0.4, -0.2) is 18.3 Å². The van der Waals surface area contributed by atoms with Crippen LogP contribution >= 0.6 is 11.6 Å². The van der Waals surface area contributed by atoms with Crippen LogP contribution in [0.15, 0.2) is 59.3 Å². The van der Waals surface area contributed by atoms with Gasteiger partial charge in [0.25, 0.3) is 0 Å². The summed E-state index contributed by atoms with van der Waals surface area (Å²) in [5, 5.41) is 4.45. The number of halogens is 1. The van der Waals surface area contributed by atoms with E-state index in [0.29, 0.717) is 22.1 Å². The zero-order valence-electron chi connectivity index (χ0n) is 12.5. The second kappa shape index (κ2) is 6.67. The first-order valence-electron chi connectivity index (χ1n) is 7.08. The SMILES string of the molecule is Cc1cc(Cl)ccc1OCC1=NOC(=O)/C1=C\c1ccccc1. The van der Waals surface area contributed by atoms with Crippen LogP contribution in [0.2, 0.25) is 5.02 Å². The van der Waals surface area contributed by atoms with E-state index in [0.717, 1.165) is 11.1 Å². The Hall–Kier alpha value is -2.59. The minimum Gasteiger partial charge on any atom is -0.487 e. The molecule has 0 spiro atoms. The van der Waals surface area contributed by atoms with Crippen molar-refractivity contribution < 1.29 is 14.4 Å². The van der Waals surface area contributed by atoms with Gasteiger partial charge in [0.1, 0.15) is 18.1 Å². The third-order valence-electron chi connectivity index (χ3n) is 3.38. The zero-order chi connectivity index (χ0) is 16.2. The average molecular weight is 328 g/mol. The molecular weight excluding hydrogens is 314 g/mol. The molecule has 116 valence electrons. The van der Waals surface area contributed by atoms with Crippen LogP contribution in [0, 0.1) is 6.92 Å². The fraction of sp³-hybridized carbons (Fsp3) is 0.111. The highest BCUT2D eigenvalue weighted by Gasteiger charge is 2.26. The van der Waals surface area contributed by atoms with Gasteiger partial charge in [0.2, 0.25) is 0 Å². The van der Waals surface area contributed by atoms with Gasteiger partial charge in [-0.15, -0.1) is 0 Å². The summed E-state index contributed by atoms with van der Waals surface area (Å²) in [5.74, 6) is 0.218. The minimum absolute atomic E-state index is 0.146. The molecule has 5 heteroatoms. The number of hydrogen-bond donors (Lipinski definition) is 0. The van der Waals surface area contributed by atoms with Crippen molar-refractivity contribution in [3.05, 3.63) is 70.3 Å². The van der Waals surface area contributed by atoms with Crippen molar-refractivity contribution in [1.82, 2.24) is 0 Å². The number of carbonyl (C=O) groups is 1. The second-order valence-electron chi connectivity index (χ2n) is 5.08. The largest absolute Gasteiger partial charge is 0.487 e. The first-order chi connectivity index (χ1) is 11.1. The maximum absolute atomic E-state index is 11.8. The molecule has 0 saturated heterocycles. The zero-order valence-corrected chi connectivity index (χ0v) is 13.2.